The van der Waals surface area contributed by atoms with Crippen LogP contribution in [0, 0.1) is 0 Å². The Hall–Kier alpha value is -1.75. The van der Waals surface area contributed by atoms with Crippen molar-refractivity contribution in [3.05, 3.63) is 24.3 Å². The lowest BCUT2D eigenvalue weighted by molar-refractivity contribution is -0.122. The van der Waals surface area contributed by atoms with Gasteiger partial charge in [0.2, 0.25) is 5.91 Å². The van der Waals surface area contributed by atoms with E-state index in [0.717, 1.165) is 0 Å². The van der Waals surface area contributed by atoms with Crippen molar-refractivity contribution in [1.82, 2.24) is 10.9 Å². The number of nitrogens with one attached hydrogen (secondary N) is 2. The number of benzene rings is 1. The summed E-state index contributed by atoms with van der Waals surface area (Å²) in [6.07, 6.45) is 1.08. The molecule has 0 saturated heterocycles. The van der Waals surface area contributed by atoms with Gasteiger partial charge in [-0.15, -0.1) is 0 Å². The highest BCUT2D eigenvalue weighted by Crippen LogP contribution is 2.25. The number of para-hydroxylation sites is 2. The van der Waals surface area contributed by atoms with E-state index in [1.807, 2.05) is 24.3 Å². The molecule has 0 spiro atoms. The number of hydrogen-bond acceptors (Lipinski definition) is 4. The smallest absolute Gasteiger partial charge is 0.234 e. The summed E-state index contributed by atoms with van der Waals surface area (Å²) in [5.41, 5.74) is 5.08. The zero-order valence-electron chi connectivity index (χ0n) is 10.2. The summed E-state index contributed by atoms with van der Waals surface area (Å²) in [5, 5.41) is 0. The van der Waals surface area contributed by atoms with E-state index in [9.17, 15) is 4.79 Å². The molecule has 0 bridgehead atoms. The zero-order valence-corrected chi connectivity index (χ0v) is 10.2. The van der Waals surface area contributed by atoms with E-state index in [-0.39, 0.29) is 5.91 Å². The van der Waals surface area contributed by atoms with Crippen molar-refractivity contribution in [2.24, 2.45) is 0 Å². The first kappa shape index (κ1) is 13.3. The maximum absolute atomic E-state index is 11.1. The molecule has 1 amide bonds. The molecule has 0 aliphatic rings. The van der Waals surface area contributed by atoms with Gasteiger partial charge in [-0.3, -0.25) is 10.2 Å². The maximum Gasteiger partial charge on any atom is 0.234 e. The van der Waals surface area contributed by atoms with Gasteiger partial charge in [0.1, 0.15) is 0 Å². The summed E-state index contributed by atoms with van der Waals surface area (Å²) in [5.74, 6) is 1.35. The highest BCUT2D eigenvalue weighted by Gasteiger charge is 2.03. The van der Waals surface area contributed by atoms with E-state index in [2.05, 4.69) is 10.9 Å². The number of carbonyl (C=O) groups is 1. The SMILES string of the molecule is CNNC(=O)CCCOc1ccccc1OC. The normalized spacial score (nSPS) is 9.76. The quantitative estimate of drug-likeness (QED) is 0.552. The van der Waals surface area contributed by atoms with Gasteiger partial charge in [-0.25, -0.2) is 5.43 Å². The topological polar surface area (TPSA) is 59.6 Å². The Kier molecular flexibility index (Phi) is 5.88. The van der Waals surface area contributed by atoms with Gasteiger partial charge < -0.3 is 9.47 Å². The fourth-order valence-corrected chi connectivity index (χ4v) is 1.35. The van der Waals surface area contributed by atoms with Gasteiger partial charge in [-0.2, -0.15) is 0 Å². The molecule has 0 aromatic heterocycles. The third-order valence-corrected chi connectivity index (χ3v) is 2.14. The molecule has 94 valence electrons. The summed E-state index contributed by atoms with van der Waals surface area (Å²) in [4.78, 5) is 11.1. The highest BCUT2D eigenvalue weighted by molar-refractivity contribution is 5.75. The van der Waals surface area contributed by atoms with E-state index in [1.54, 1.807) is 14.2 Å². The lowest BCUT2D eigenvalue weighted by Gasteiger charge is -2.09. The average Bonchev–Trinajstić information content (AvgIpc) is 2.35. The Morgan fingerprint density at radius 2 is 2.00 bits per heavy atom. The minimum atomic E-state index is -0.0453. The van der Waals surface area contributed by atoms with Crippen molar-refractivity contribution < 1.29 is 14.3 Å². The Labute approximate surface area is 101 Å². The van der Waals surface area contributed by atoms with Gasteiger partial charge in [0.05, 0.1) is 13.7 Å². The summed E-state index contributed by atoms with van der Waals surface area (Å²) < 4.78 is 10.7. The molecular weight excluding hydrogens is 220 g/mol. The third kappa shape index (κ3) is 4.74. The number of amides is 1. The van der Waals surface area contributed by atoms with Crippen LogP contribution in [0.25, 0.3) is 0 Å². The molecule has 0 saturated carbocycles. The van der Waals surface area contributed by atoms with Gasteiger partial charge in [0.25, 0.3) is 0 Å². The van der Waals surface area contributed by atoms with E-state index < -0.39 is 0 Å². The summed E-state index contributed by atoms with van der Waals surface area (Å²) in [6, 6.07) is 7.44. The van der Waals surface area contributed by atoms with Crippen LogP contribution in [-0.4, -0.2) is 26.7 Å². The Morgan fingerprint density at radius 1 is 1.29 bits per heavy atom. The van der Waals surface area contributed by atoms with Gasteiger partial charge in [0, 0.05) is 13.5 Å². The first-order chi connectivity index (χ1) is 8.27. The maximum atomic E-state index is 11.1. The molecule has 0 unspecified atom stereocenters. The van der Waals surface area contributed by atoms with Crippen molar-refractivity contribution in [2.45, 2.75) is 12.8 Å². The Bertz CT molecular complexity index is 355. The summed E-state index contributed by atoms with van der Waals surface area (Å²) >= 11 is 0. The van der Waals surface area contributed by atoms with E-state index in [0.29, 0.717) is 30.9 Å². The van der Waals surface area contributed by atoms with Crippen molar-refractivity contribution in [3.63, 3.8) is 0 Å². The predicted octanol–water partition coefficient (Wildman–Crippen LogP) is 1.10. The molecule has 5 heteroatoms. The molecule has 1 aromatic carbocycles. The average molecular weight is 238 g/mol. The molecule has 5 nitrogen and oxygen atoms in total. The van der Waals surface area contributed by atoms with Gasteiger partial charge >= 0.3 is 0 Å². The largest absolute Gasteiger partial charge is 0.493 e. The second-order valence-corrected chi connectivity index (χ2v) is 3.40. The number of carbonyl (C=O) groups excluding carboxylic acids is 1. The van der Waals surface area contributed by atoms with Gasteiger partial charge in [-0.05, 0) is 18.6 Å². The van der Waals surface area contributed by atoms with Crippen LogP contribution in [-0.2, 0) is 4.79 Å². The van der Waals surface area contributed by atoms with Crippen LogP contribution in [0.2, 0.25) is 0 Å². The van der Waals surface area contributed by atoms with Gasteiger partial charge in [0.15, 0.2) is 11.5 Å². The molecule has 0 aliphatic heterocycles. The van der Waals surface area contributed by atoms with Crippen molar-refractivity contribution in [1.29, 1.82) is 0 Å². The van der Waals surface area contributed by atoms with Crippen LogP contribution in [0.4, 0.5) is 0 Å². The van der Waals surface area contributed by atoms with E-state index >= 15 is 0 Å². The number of methoxy groups -OCH3 is 1. The monoisotopic (exact) mass is 238 g/mol. The molecule has 1 aromatic rings. The first-order valence-corrected chi connectivity index (χ1v) is 5.49. The third-order valence-electron chi connectivity index (χ3n) is 2.14. The van der Waals surface area contributed by atoms with Crippen LogP contribution >= 0.6 is 0 Å². The van der Waals surface area contributed by atoms with Crippen LogP contribution < -0.4 is 20.3 Å². The number of hydrazine groups is 1. The molecule has 0 radical (unpaired) electrons. The summed E-state index contributed by atoms with van der Waals surface area (Å²) in [6.45, 7) is 0.484. The molecule has 2 N–H and O–H groups in total. The van der Waals surface area contributed by atoms with Crippen molar-refractivity contribution >= 4 is 5.91 Å². The Morgan fingerprint density at radius 3 is 2.65 bits per heavy atom. The standard InChI is InChI=1S/C12H18N2O3/c1-13-14-12(15)8-5-9-17-11-7-4-3-6-10(11)16-2/h3-4,6-7,13H,5,8-9H2,1-2H3,(H,14,15). The van der Waals surface area contributed by atoms with E-state index in [1.165, 1.54) is 0 Å². The zero-order chi connectivity index (χ0) is 12.5. The Balaban J connectivity index is 2.28. The summed E-state index contributed by atoms with van der Waals surface area (Å²) in [7, 11) is 3.26. The second-order valence-electron chi connectivity index (χ2n) is 3.40. The first-order valence-electron chi connectivity index (χ1n) is 5.49. The number of hydrogen-bond donors (Lipinski definition) is 2. The number of rotatable bonds is 7. The molecule has 0 fully saturated rings. The predicted molar refractivity (Wildman–Crippen MR) is 64.9 cm³/mol. The lowest BCUT2D eigenvalue weighted by Crippen LogP contribution is -2.34. The lowest BCUT2D eigenvalue weighted by atomic mass is 10.3. The molecule has 0 aliphatic carbocycles. The van der Waals surface area contributed by atoms with Crippen LogP contribution in [0.15, 0.2) is 24.3 Å². The molecule has 0 heterocycles. The van der Waals surface area contributed by atoms with Crippen molar-refractivity contribution in [3.8, 4) is 11.5 Å². The minimum absolute atomic E-state index is 0.0453. The fourth-order valence-electron chi connectivity index (χ4n) is 1.35. The molecule has 1 rings (SSSR count). The number of ether oxygens (including phenoxy) is 2. The molecule has 0 atom stereocenters. The molecular formula is C12H18N2O3. The van der Waals surface area contributed by atoms with Crippen LogP contribution in [0.1, 0.15) is 12.8 Å². The van der Waals surface area contributed by atoms with Gasteiger partial charge in [-0.1, -0.05) is 12.1 Å². The molecule has 17 heavy (non-hydrogen) atoms. The minimum Gasteiger partial charge on any atom is -0.493 e. The van der Waals surface area contributed by atoms with E-state index in [4.69, 9.17) is 9.47 Å². The van der Waals surface area contributed by atoms with Crippen molar-refractivity contribution in [2.75, 3.05) is 20.8 Å². The van der Waals surface area contributed by atoms with Crippen LogP contribution in [0.3, 0.4) is 0 Å². The highest BCUT2D eigenvalue weighted by atomic mass is 16.5. The fraction of sp³-hybridized carbons (Fsp3) is 0.417. The van der Waals surface area contributed by atoms with Crippen LogP contribution in [0.5, 0.6) is 11.5 Å². The second kappa shape index (κ2) is 7.51.